The lowest BCUT2D eigenvalue weighted by atomic mass is 10.1. The van der Waals surface area contributed by atoms with E-state index in [9.17, 15) is 13.9 Å². The van der Waals surface area contributed by atoms with Crippen LogP contribution in [0, 0.1) is 11.6 Å². The number of hydrogen-bond acceptors (Lipinski definition) is 3. The summed E-state index contributed by atoms with van der Waals surface area (Å²) in [6, 6.07) is 2.48. The van der Waals surface area contributed by atoms with Crippen molar-refractivity contribution in [3.8, 4) is 5.75 Å². The third-order valence-corrected chi connectivity index (χ3v) is 2.86. The summed E-state index contributed by atoms with van der Waals surface area (Å²) in [5, 5.41) is 12.5. The van der Waals surface area contributed by atoms with Crippen LogP contribution in [0.25, 0.3) is 0 Å². The van der Waals surface area contributed by atoms with Crippen molar-refractivity contribution in [2.75, 3.05) is 0 Å². The topological polar surface area (TPSA) is 41.5 Å². The molecule has 0 aliphatic carbocycles. The fourth-order valence-electron chi connectivity index (χ4n) is 1.48. The predicted octanol–water partition coefficient (Wildman–Crippen LogP) is 3.00. The second kappa shape index (κ2) is 6.50. The zero-order valence-electron chi connectivity index (χ0n) is 12.6. The van der Waals surface area contributed by atoms with E-state index in [1.807, 2.05) is 20.8 Å². The van der Waals surface area contributed by atoms with Crippen molar-refractivity contribution in [2.45, 2.75) is 58.9 Å². The minimum atomic E-state index is -0.809. The van der Waals surface area contributed by atoms with Crippen LogP contribution in [0.4, 0.5) is 8.78 Å². The Labute approximate surface area is 119 Å². The quantitative estimate of drug-likeness (QED) is 0.874. The highest BCUT2D eigenvalue weighted by atomic mass is 19.1. The summed E-state index contributed by atoms with van der Waals surface area (Å²) in [6.45, 7) is 9.34. The first kappa shape index (κ1) is 16.9. The molecule has 0 saturated carbocycles. The van der Waals surface area contributed by atoms with E-state index >= 15 is 0 Å². The summed E-state index contributed by atoms with van der Waals surface area (Å²) < 4.78 is 32.9. The Morgan fingerprint density at radius 3 is 2.10 bits per heavy atom. The van der Waals surface area contributed by atoms with Crippen LogP contribution in [0.3, 0.4) is 0 Å². The lowest BCUT2D eigenvalue weighted by Gasteiger charge is -2.21. The van der Waals surface area contributed by atoms with Gasteiger partial charge in [-0.3, -0.25) is 0 Å². The highest BCUT2D eigenvalue weighted by Crippen LogP contribution is 2.25. The number of nitrogens with one attached hydrogen (secondary N) is 1. The molecule has 20 heavy (non-hydrogen) atoms. The summed E-state index contributed by atoms with van der Waals surface area (Å²) in [7, 11) is 0. The smallest absolute Gasteiger partial charge is 0.191 e. The average molecular weight is 287 g/mol. The van der Waals surface area contributed by atoms with E-state index in [2.05, 4.69) is 5.32 Å². The number of aliphatic hydroxyl groups is 1. The molecule has 2 atom stereocenters. The summed E-state index contributed by atoms with van der Waals surface area (Å²) in [4.78, 5) is 0. The van der Waals surface area contributed by atoms with Crippen molar-refractivity contribution in [1.29, 1.82) is 0 Å². The number of ether oxygens (including phenoxy) is 1. The third kappa shape index (κ3) is 5.06. The molecule has 1 rings (SSSR count). The van der Waals surface area contributed by atoms with E-state index in [1.165, 1.54) is 19.1 Å². The number of benzene rings is 1. The van der Waals surface area contributed by atoms with E-state index in [0.29, 0.717) is 12.1 Å². The first-order valence-corrected chi connectivity index (χ1v) is 6.68. The molecule has 1 aromatic carbocycles. The van der Waals surface area contributed by atoms with Crippen LogP contribution >= 0.6 is 0 Å². The Morgan fingerprint density at radius 2 is 1.70 bits per heavy atom. The molecule has 0 amide bonds. The maximum absolute atomic E-state index is 13.9. The highest BCUT2D eigenvalue weighted by Gasteiger charge is 2.18. The molecular formula is C15H23F2NO2. The Balaban J connectivity index is 2.86. The molecule has 0 aliphatic heterocycles. The van der Waals surface area contributed by atoms with Gasteiger partial charge in [0.05, 0.1) is 6.10 Å². The van der Waals surface area contributed by atoms with Crippen LogP contribution < -0.4 is 10.1 Å². The number of aliphatic hydroxyl groups excluding tert-OH is 1. The molecule has 0 heterocycles. The Bertz CT molecular complexity index is 433. The number of hydrogen-bond donors (Lipinski definition) is 2. The molecule has 3 nitrogen and oxygen atoms in total. The molecule has 0 aliphatic rings. The largest absolute Gasteiger partial charge is 0.482 e. The minimum Gasteiger partial charge on any atom is -0.482 e. The van der Waals surface area contributed by atoms with E-state index in [4.69, 9.17) is 4.74 Å². The van der Waals surface area contributed by atoms with Crippen molar-refractivity contribution < 1.29 is 18.6 Å². The molecule has 1 aromatic rings. The van der Waals surface area contributed by atoms with Gasteiger partial charge in [-0.2, -0.15) is 0 Å². The van der Waals surface area contributed by atoms with Crippen LogP contribution in [-0.2, 0) is 6.54 Å². The van der Waals surface area contributed by atoms with Gasteiger partial charge in [-0.15, -0.1) is 0 Å². The van der Waals surface area contributed by atoms with Gasteiger partial charge in [0.15, 0.2) is 17.4 Å². The van der Waals surface area contributed by atoms with Gasteiger partial charge in [-0.1, -0.05) is 0 Å². The monoisotopic (exact) mass is 287 g/mol. The zero-order chi connectivity index (χ0) is 15.5. The Morgan fingerprint density at radius 1 is 1.20 bits per heavy atom. The van der Waals surface area contributed by atoms with E-state index in [1.54, 1.807) is 6.92 Å². The van der Waals surface area contributed by atoms with Crippen molar-refractivity contribution in [1.82, 2.24) is 5.32 Å². The molecule has 0 fully saturated rings. The maximum atomic E-state index is 13.9. The van der Waals surface area contributed by atoms with Gasteiger partial charge < -0.3 is 15.2 Å². The number of rotatable bonds is 5. The first-order valence-electron chi connectivity index (χ1n) is 6.68. The summed E-state index contributed by atoms with van der Waals surface area (Å²) >= 11 is 0. The molecule has 2 N–H and O–H groups in total. The predicted molar refractivity (Wildman–Crippen MR) is 74.7 cm³/mol. The third-order valence-electron chi connectivity index (χ3n) is 2.86. The average Bonchev–Trinajstić information content (AvgIpc) is 2.29. The van der Waals surface area contributed by atoms with Gasteiger partial charge >= 0.3 is 0 Å². The van der Waals surface area contributed by atoms with Gasteiger partial charge in [0.2, 0.25) is 0 Å². The van der Waals surface area contributed by atoms with Gasteiger partial charge in [0, 0.05) is 12.1 Å². The van der Waals surface area contributed by atoms with E-state index < -0.39 is 29.6 Å². The van der Waals surface area contributed by atoms with Crippen LogP contribution in [-0.4, -0.2) is 22.9 Å². The fourth-order valence-corrected chi connectivity index (χ4v) is 1.48. The Kier molecular flexibility index (Phi) is 5.48. The summed E-state index contributed by atoms with van der Waals surface area (Å²) in [5.74, 6) is -1.97. The summed E-state index contributed by atoms with van der Waals surface area (Å²) in [6.07, 6.45) is -1.49. The molecule has 0 saturated heterocycles. The minimum absolute atomic E-state index is 0.136. The van der Waals surface area contributed by atoms with Crippen molar-refractivity contribution in [3.63, 3.8) is 0 Å². The lowest BCUT2D eigenvalue weighted by molar-refractivity contribution is 0.0551. The van der Waals surface area contributed by atoms with Crippen LogP contribution in [0.5, 0.6) is 5.75 Å². The standard InChI is InChI=1S/C15H23F2NO2/c1-9(19)10(2)20-14-12(16)6-11(7-13(14)17)8-18-15(3,4)5/h6-7,9-10,18-19H,8H2,1-5H3. The van der Waals surface area contributed by atoms with Crippen LogP contribution in [0.2, 0.25) is 0 Å². The fraction of sp³-hybridized carbons (Fsp3) is 0.600. The normalized spacial score (nSPS) is 15.0. The van der Waals surface area contributed by atoms with Crippen LogP contribution in [0.15, 0.2) is 12.1 Å². The lowest BCUT2D eigenvalue weighted by Crippen LogP contribution is -2.35. The van der Waals surface area contributed by atoms with Crippen molar-refractivity contribution >= 4 is 0 Å². The first-order chi connectivity index (χ1) is 9.10. The molecule has 114 valence electrons. The van der Waals surface area contributed by atoms with Gasteiger partial charge in [-0.05, 0) is 52.3 Å². The zero-order valence-corrected chi connectivity index (χ0v) is 12.6. The molecule has 0 bridgehead atoms. The molecule has 0 radical (unpaired) electrons. The van der Waals surface area contributed by atoms with Crippen molar-refractivity contribution in [2.24, 2.45) is 0 Å². The van der Waals surface area contributed by atoms with E-state index in [-0.39, 0.29) is 5.54 Å². The van der Waals surface area contributed by atoms with Crippen molar-refractivity contribution in [3.05, 3.63) is 29.3 Å². The molecular weight excluding hydrogens is 264 g/mol. The molecule has 5 heteroatoms. The van der Waals surface area contributed by atoms with Crippen LogP contribution in [0.1, 0.15) is 40.2 Å². The summed E-state index contributed by atoms with van der Waals surface area (Å²) in [5.41, 5.74) is 0.371. The SMILES string of the molecule is CC(O)C(C)Oc1c(F)cc(CNC(C)(C)C)cc1F. The second-order valence-corrected chi connectivity index (χ2v) is 6.06. The molecule has 2 unspecified atom stereocenters. The van der Waals surface area contributed by atoms with Gasteiger partial charge in [0.1, 0.15) is 6.10 Å². The number of halogens is 2. The Hall–Kier alpha value is -1.20. The highest BCUT2D eigenvalue weighted by molar-refractivity contribution is 5.31. The van der Waals surface area contributed by atoms with Gasteiger partial charge in [-0.25, -0.2) is 8.78 Å². The molecule has 0 aromatic heterocycles. The van der Waals surface area contributed by atoms with Gasteiger partial charge in [0.25, 0.3) is 0 Å². The van der Waals surface area contributed by atoms with E-state index in [0.717, 1.165) is 0 Å². The second-order valence-electron chi connectivity index (χ2n) is 6.06. The maximum Gasteiger partial charge on any atom is 0.191 e. The molecule has 0 spiro atoms.